The molecule has 0 spiro atoms. The van der Waals surface area contributed by atoms with Gasteiger partial charge in [0.25, 0.3) is 0 Å². The summed E-state index contributed by atoms with van der Waals surface area (Å²) in [5, 5.41) is 0. The van der Waals surface area contributed by atoms with E-state index in [0.29, 0.717) is 12.1 Å². The molecule has 88 valence electrons. The second-order valence-corrected chi connectivity index (χ2v) is 4.60. The van der Waals surface area contributed by atoms with E-state index in [9.17, 15) is 0 Å². The Labute approximate surface area is 97.7 Å². The second kappa shape index (κ2) is 5.41. The molecule has 1 aromatic rings. The van der Waals surface area contributed by atoms with Crippen LogP contribution in [0.4, 0.5) is 0 Å². The Morgan fingerprint density at radius 1 is 1.50 bits per heavy atom. The molecule has 1 fully saturated rings. The van der Waals surface area contributed by atoms with Crippen molar-refractivity contribution in [2.75, 3.05) is 13.1 Å². The number of hydrogen-bond donors (Lipinski definition) is 1. The van der Waals surface area contributed by atoms with Gasteiger partial charge in [0.15, 0.2) is 0 Å². The Hall–Kier alpha value is -0.930. The Morgan fingerprint density at radius 3 is 2.94 bits per heavy atom. The average Bonchev–Trinajstić information content (AvgIpc) is 2.79. The van der Waals surface area contributed by atoms with Crippen molar-refractivity contribution in [3.8, 4) is 0 Å². The fraction of sp³-hybridized carbons (Fsp3) is 0.615. The molecule has 0 aliphatic carbocycles. The maximum absolute atomic E-state index is 5.64. The highest BCUT2D eigenvalue weighted by Crippen LogP contribution is 2.33. The van der Waals surface area contributed by atoms with E-state index >= 15 is 0 Å². The van der Waals surface area contributed by atoms with E-state index in [1.54, 1.807) is 0 Å². The van der Waals surface area contributed by atoms with Gasteiger partial charge in [-0.25, -0.2) is 0 Å². The monoisotopic (exact) mass is 219 g/mol. The van der Waals surface area contributed by atoms with Gasteiger partial charge < -0.3 is 5.73 Å². The van der Waals surface area contributed by atoms with Crippen molar-refractivity contribution in [2.24, 2.45) is 5.73 Å². The van der Waals surface area contributed by atoms with E-state index in [1.165, 1.54) is 24.9 Å². The van der Waals surface area contributed by atoms with E-state index in [2.05, 4.69) is 28.9 Å². The van der Waals surface area contributed by atoms with Gasteiger partial charge in [-0.2, -0.15) is 0 Å². The molecule has 3 heteroatoms. The van der Waals surface area contributed by atoms with Gasteiger partial charge in [-0.05, 0) is 57.0 Å². The number of likely N-dealkylation sites (tertiary alicyclic amines) is 1. The number of aromatic nitrogens is 1. The van der Waals surface area contributed by atoms with E-state index in [4.69, 9.17) is 5.73 Å². The van der Waals surface area contributed by atoms with Gasteiger partial charge in [-0.1, -0.05) is 0 Å². The molecule has 2 atom stereocenters. The van der Waals surface area contributed by atoms with Crippen LogP contribution in [0, 0.1) is 0 Å². The maximum atomic E-state index is 5.64. The van der Waals surface area contributed by atoms with Crippen LogP contribution in [0.3, 0.4) is 0 Å². The van der Waals surface area contributed by atoms with Crippen LogP contribution in [0.1, 0.15) is 37.8 Å². The molecule has 2 rings (SSSR count). The van der Waals surface area contributed by atoms with Crippen molar-refractivity contribution in [1.29, 1.82) is 0 Å². The van der Waals surface area contributed by atoms with Crippen LogP contribution < -0.4 is 5.73 Å². The zero-order valence-electron chi connectivity index (χ0n) is 9.97. The van der Waals surface area contributed by atoms with Crippen molar-refractivity contribution < 1.29 is 0 Å². The molecule has 0 saturated carbocycles. The van der Waals surface area contributed by atoms with Gasteiger partial charge >= 0.3 is 0 Å². The molecule has 2 N–H and O–H groups in total. The summed E-state index contributed by atoms with van der Waals surface area (Å²) in [4.78, 5) is 6.67. The van der Waals surface area contributed by atoms with Crippen LogP contribution in [0.15, 0.2) is 24.5 Å². The van der Waals surface area contributed by atoms with E-state index < -0.39 is 0 Å². The van der Waals surface area contributed by atoms with Crippen molar-refractivity contribution in [2.45, 2.75) is 38.3 Å². The molecule has 3 nitrogen and oxygen atoms in total. The van der Waals surface area contributed by atoms with Crippen LogP contribution in [0.2, 0.25) is 0 Å². The van der Waals surface area contributed by atoms with Crippen LogP contribution >= 0.6 is 0 Å². The molecular formula is C13H21N3. The summed E-state index contributed by atoms with van der Waals surface area (Å²) in [5.41, 5.74) is 7.04. The van der Waals surface area contributed by atoms with Crippen molar-refractivity contribution >= 4 is 0 Å². The number of pyridine rings is 1. The smallest absolute Gasteiger partial charge is 0.0352 e. The van der Waals surface area contributed by atoms with Gasteiger partial charge in [-0.3, -0.25) is 9.88 Å². The largest absolute Gasteiger partial charge is 0.330 e. The first-order chi connectivity index (χ1) is 7.83. The van der Waals surface area contributed by atoms with Gasteiger partial charge in [-0.15, -0.1) is 0 Å². The molecule has 1 saturated heterocycles. The first-order valence-corrected chi connectivity index (χ1v) is 6.18. The minimum Gasteiger partial charge on any atom is -0.330 e. The molecule has 0 bridgehead atoms. The number of nitrogens with two attached hydrogens (primary N) is 1. The van der Waals surface area contributed by atoms with E-state index in [1.807, 2.05) is 12.4 Å². The molecule has 2 unspecified atom stereocenters. The molecule has 1 aliphatic rings. The van der Waals surface area contributed by atoms with Crippen LogP contribution in [0.5, 0.6) is 0 Å². The quantitative estimate of drug-likeness (QED) is 0.841. The SMILES string of the molecule is CC(CCN)N1CCCC1c1ccncc1. The Bertz CT molecular complexity index is 312. The van der Waals surface area contributed by atoms with Gasteiger partial charge in [0, 0.05) is 24.5 Å². The lowest BCUT2D eigenvalue weighted by atomic mass is 10.0. The molecule has 1 aliphatic heterocycles. The predicted octanol–water partition coefficient (Wildman–Crippen LogP) is 1.96. The predicted molar refractivity (Wildman–Crippen MR) is 66.1 cm³/mol. The first-order valence-electron chi connectivity index (χ1n) is 6.18. The van der Waals surface area contributed by atoms with Gasteiger partial charge in [0.05, 0.1) is 0 Å². The Kier molecular flexibility index (Phi) is 3.91. The number of hydrogen-bond acceptors (Lipinski definition) is 3. The number of nitrogens with zero attached hydrogens (tertiary/aromatic N) is 2. The normalized spacial score (nSPS) is 23.5. The topological polar surface area (TPSA) is 42.1 Å². The van der Waals surface area contributed by atoms with E-state index in [-0.39, 0.29) is 0 Å². The van der Waals surface area contributed by atoms with Gasteiger partial charge in [0.1, 0.15) is 0 Å². The maximum Gasteiger partial charge on any atom is 0.0352 e. The molecular weight excluding hydrogens is 198 g/mol. The second-order valence-electron chi connectivity index (χ2n) is 4.60. The fourth-order valence-electron chi connectivity index (χ4n) is 2.67. The molecule has 2 heterocycles. The zero-order chi connectivity index (χ0) is 11.4. The highest BCUT2D eigenvalue weighted by molar-refractivity contribution is 5.16. The third-order valence-corrected chi connectivity index (χ3v) is 3.54. The average molecular weight is 219 g/mol. The summed E-state index contributed by atoms with van der Waals surface area (Å²) in [7, 11) is 0. The van der Waals surface area contributed by atoms with Crippen LogP contribution in [0.25, 0.3) is 0 Å². The zero-order valence-corrected chi connectivity index (χ0v) is 9.97. The fourth-order valence-corrected chi connectivity index (χ4v) is 2.67. The molecule has 0 amide bonds. The van der Waals surface area contributed by atoms with Crippen LogP contribution in [-0.2, 0) is 0 Å². The van der Waals surface area contributed by atoms with Gasteiger partial charge in [0.2, 0.25) is 0 Å². The summed E-state index contributed by atoms with van der Waals surface area (Å²) in [5.74, 6) is 0. The third-order valence-electron chi connectivity index (χ3n) is 3.54. The van der Waals surface area contributed by atoms with Crippen LogP contribution in [-0.4, -0.2) is 29.0 Å². The molecule has 0 radical (unpaired) electrons. The summed E-state index contributed by atoms with van der Waals surface area (Å²) in [6, 6.07) is 5.44. The molecule has 1 aromatic heterocycles. The standard InChI is InChI=1S/C13H21N3/c1-11(4-7-14)16-10-2-3-13(16)12-5-8-15-9-6-12/h5-6,8-9,11,13H,2-4,7,10,14H2,1H3. The lowest BCUT2D eigenvalue weighted by Gasteiger charge is -2.30. The highest BCUT2D eigenvalue weighted by atomic mass is 15.2. The lowest BCUT2D eigenvalue weighted by molar-refractivity contribution is 0.185. The minimum absolute atomic E-state index is 0.574. The summed E-state index contributed by atoms with van der Waals surface area (Å²) in [6.07, 6.45) is 7.42. The Balaban J connectivity index is 2.09. The van der Waals surface area contributed by atoms with Crippen molar-refractivity contribution in [3.63, 3.8) is 0 Å². The van der Waals surface area contributed by atoms with E-state index in [0.717, 1.165) is 13.0 Å². The molecule has 0 aromatic carbocycles. The summed E-state index contributed by atoms with van der Waals surface area (Å²) >= 11 is 0. The van der Waals surface area contributed by atoms with Crippen molar-refractivity contribution in [3.05, 3.63) is 30.1 Å². The third kappa shape index (κ3) is 2.42. The molecule has 16 heavy (non-hydrogen) atoms. The summed E-state index contributed by atoms with van der Waals surface area (Å²) in [6.45, 7) is 4.27. The lowest BCUT2D eigenvalue weighted by Crippen LogP contribution is -2.34. The summed E-state index contributed by atoms with van der Waals surface area (Å²) < 4.78 is 0. The minimum atomic E-state index is 0.574. The highest BCUT2D eigenvalue weighted by Gasteiger charge is 2.28. The number of rotatable bonds is 4. The first kappa shape index (κ1) is 11.6. The Morgan fingerprint density at radius 2 is 2.25 bits per heavy atom. The van der Waals surface area contributed by atoms with Crippen molar-refractivity contribution in [1.82, 2.24) is 9.88 Å².